The van der Waals surface area contributed by atoms with Gasteiger partial charge in [0.1, 0.15) is 5.75 Å². The van der Waals surface area contributed by atoms with E-state index in [0.29, 0.717) is 12.3 Å². The largest absolute Gasteiger partial charge is 0.481 e. The summed E-state index contributed by atoms with van der Waals surface area (Å²) >= 11 is 0. The van der Waals surface area contributed by atoms with Gasteiger partial charge in [-0.15, -0.1) is 0 Å². The van der Waals surface area contributed by atoms with Crippen molar-refractivity contribution in [3.63, 3.8) is 0 Å². The van der Waals surface area contributed by atoms with Crippen LogP contribution in [0.25, 0.3) is 0 Å². The fourth-order valence-electron chi connectivity index (χ4n) is 2.36. The first-order chi connectivity index (χ1) is 10.6. The Morgan fingerprint density at radius 2 is 1.86 bits per heavy atom. The van der Waals surface area contributed by atoms with E-state index in [1.165, 1.54) is 0 Å². The van der Waals surface area contributed by atoms with Crippen molar-refractivity contribution < 1.29 is 9.53 Å². The van der Waals surface area contributed by atoms with Gasteiger partial charge in [-0.05, 0) is 50.1 Å². The van der Waals surface area contributed by atoms with Crippen molar-refractivity contribution in [1.82, 2.24) is 0 Å². The van der Waals surface area contributed by atoms with Crippen molar-refractivity contribution >= 4 is 11.6 Å². The lowest BCUT2D eigenvalue weighted by Gasteiger charge is -2.26. The topological polar surface area (TPSA) is 29.5 Å². The third-order valence-electron chi connectivity index (χ3n) is 3.43. The van der Waals surface area contributed by atoms with Crippen LogP contribution in [0.15, 0.2) is 54.6 Å². The van der Waals surface area contributed by atoms with Gasteiger partial charge in [-0.3, -0.25) is 4.79 Å². The van der Waals surface area contributed by atoms with Crippen LogP contribution in [0.2, 0.25) is 0 Å². The van der Waals surface area contributed by atoms with Crippen LogP contribution < -0.4 is 9.64 Å². The lowest BCUT2D eigenvalue weighted by Crippen LogP contribution is -2.41. The van der Waals surface area contributed by atoms with Crippen molar-refractivity contribution in [2.45, 2.75) is 33.3 Å². The van der Waals surface area contributed by atoms with E-state index in [1.807, 2.05) is 61.5 Å². The minimum Gasteiger partial charge on any atom is -0.481 e. The number of hydrogen-bond donors (Lipinski definition) is 0. The molecule has 0 bridgehead atoms. The van der Waals surface area contributed by atoms with Crippen LogP contribution in [-0.2, 0) is 4.79 Å². The van der Waals surface area contributed by atoms with E-state index in [1.54, 1.807) is 11.8 Å². The Kier molecular flexibility index (Phi) is 5.59. The van der Waals surface area contributed by atoms with Crippen molar-refractivity contribution in [3.8, 4) is 5.75 Å². The summed E-state index contributed by atoms with van der Waals surface area (Å²) in [6, 6.07) is 17.5. The van der Waals surface area contributed by atoms with E-state index in [4.69, 9.17) is 4.74 Å². The lowest BCUT2D eigenvalue weighted by atomic mass is 10.2. The number of amides is 1. The highest BCUT2D eigenvalue weighted by atomic mass is 16.5. The van der Waals surface area contributed by atoms with Gasteiger partial charge in [0, 0.05) is 12.2 Å². The summed E-state index contributed by atoms with van der Waals surface area (Å²) in [4.78, 5) is 14.6. The molecule has 0 heterocycles. The molecular formula is C19H23NO2. The van der Waals surface area contributed by atoms with E-state index < -0.39 is 6.10 Å². The molecule has 0 fully saturated rings. The second-order valence-corrected chi connectivity index (χ2v) is 5.40. The monoisotopic (exact) mass is 297 g/mol. The highest BCUT2D eigenvalue weighted by Crippen LogP contribution is 2.19. The normalized spacial score (nSPS) is 11.8. The maximum Gasteiger partial charge on any atom is 0.267 e. The molecule has 116 valence electrons. The molecule has 3 heteroatoms. The number of para-hydroxylation sites is 1. The van der Waals surface area contributed by atoms with Crippen LogP contribution in [0.4, 0.5) is 5.69 Å². The minimum absolute atomic E-state index is 0.0173. The molecule has 0 aliphatic heterocycles. The molecule has 1 amide bonds. The molecule has 2 aromatic rings. The third kappa shape index (κ3) is 4.10. The van der Waals surface area contributed by atoms with Crippen LogP contribution in [0, 0.1) is 6.92 Å². The van der Waals surface area contributed by atoms with E-state index in [0.717, 1.165) is 17.7 Å². The van der Waals surface area contributed by atoms with E-state index in [-0.39, 0.29) is 5.91 Å². The minimum atomic E-state index is -0.519. The van der Waals surface area contributed by atoms with E-state index in [9.17, 15) is 4.79 Å². The quantitative estimate of drug-likeness (QED) is 0.799. The summed E-state index contributed by atoms with van der Waals surface area (Å²) in [5, 5.41) is 0. The van der Waals surface area contributed by atoms with Gasteiger partial charge in [0.25, 0.3) is 5.91 Å². The summed E-state index contributed by atoms with van der Waals surface area (Å²) in [6.45, 7) is 6.58. The summed E-state index contributed by atoms with van der Waals surface area (Å²) in [5.41, 5.74) is 2.07. The number of carbonyl (C=O) groups is 1. The first-order valence-corrected chi connectivity index (χ1v) is 7.71. The number of hydrogen-bond acceptors (Lipinski definition) is 2. The average molecular weight is 297 g/mol. The molecule has 0 saturated carbocycles. The molecule has 0 aliphatic carbocycles. The molecule has 0 spiro atoms. The molecule has 0 N–H and O–H groups in total. The van der Waals surface area contributed by atoms with E-state index >= 15 is 0 Å². The van der Waals surface area contributed by atoms with Crippen molar-refractivity contribution in [1.29, 1.82) is 0 Å². The van der Waals surface area contributed by atoms with Crippen LogP contribution >= 0.6 is 0 Å². The Morgan fingerprint density at radius 3 is 2.50 bits per heavy atom. The zero-order chi connectivity index (χ0) is 15.9. The SMILES string of the molecule is CCCN(C(=O)C(C)Oc1ccccc1)c1cccc(C)c1. The second-order valence-electron chi connectivity index (χ2n) is 5.40. The van der Waals surface area contributed by atoms with Crippen molar-refractivity contribution in [3.05, 3.63) is 60.2 Å². The number of benzene rings is 2. The second kappa shape index (κ2) is 7.64. The lowest BCUT2D eigenvalue weighted by molar-refractivity contribution is -0.124. The predicted octanol–water partition coefficient (Wildman–Crippen LogP) is 4.21. The Bertz CT molecular complexity index is 610. The molecule has 2 rings (SSSR count). The highest BCUT2D eigenvalue weighted by Gasteiger charge is 2.23. The smallest absolute Gasteiger partial charge is 0.267 e. The zero-order valence-electron chi connectivity index (χ0n) is 13.5. The summed E-state index contributed by atoms with van der Waals surface area (Å²) in [6.07, 6.45) is 0.382. The zero-order valence-corrected chi connectivity index (χ0v) is 13.5. The Hall–Kier alpha value is -2.29. The first kappa shape index (κ1) is 16.1. The Morgan fingerprint density at radius 1 is 1.14 bits per heavy atom. The number of carbonyl (C=O) groups excluding carboxylic acids is 1. The fourth-order valence-corrected chi connectivity index (χ4v) is 2.36. The third-order valence-corrected chi connectivity index (χ3v) is 3.43. The molecule has 1 atom stereocenters. The molecule has 3 nitrogen and oxygen atoms in total. The number of nitrogens with zero attached hydrogens (tertiary/aromatic N) is 1. The Labute approximate surface area is 132 Å². The molecule has 0 saturated heterocycles. The van der Waals surface area contributed by atoms with Crippen molar-refractivity contribution in [2.75, 3.05) is 11.4 Å². The highest BCUT2D eigenvalue weighted by molar-refractivity contribution is 5.96. The maximum atomic E-state index is 12.8. The van der Waals surface area contributed by atoms with Crippen LogP contribution in [0.5, 0.6) is 5.75 Å². The van der Waals surface area contributed by atoms with Gasteiger partial charge in [0.2, 0.25) is 0 Å². The fraction of sp³-hybridized carbons (Fsp3) is 0.316. The van der Waals surface area contributed by atoms with Gasteiger partial charge in [0.15, 0.2) is 6.10 Å². The molecule has 1 unspecified atom stereocenters. The number of rotatable bonds is 6. The summed E-state index contributed by atoms with van der Waals surface area (Å²) in [7, 11) is 0. The average Bonchev–Trinajstić information content (AvgIpc) is 2.53. The number of aryl methyl sites for hydroxylation is 1. The van der Waals surface area contributed by atoms with Gasteiger partial charge in [0.05, 0.1) is 0 Å². The molecular weight excluding hydrogens is 274 g/mol. The standard InChI is InChI=1S/C19H23NO2/c1-4-13-20(17-10-8-9-15(2)14-17)19(21)16(3)22-18-11-6-5-7-12-18/h5-12,14,16H,4,13H2,1-3H3. The number of ether oxygens (including phenoxy) is 1. The maximum absolute atomic E-state index is 12.8. The first-order valence-electron chi connectivity index (χ1n) is 7.71. The van der Waals surface area contributed by atoms with Gasteiger partial charge < -0.3 is 9.64 Å². The predicted molar refractivity (Wildman–Crippen MR) is 90.4 cm³/mol. The molecule has 0 aliphatic rings. The van der Waals surface area contributed by atoms with Gasteiger partial charge >= 0.3 is 0 Å². The molecule has 0 aromatic heterocycles. The van der Waals surface area contributed by atoms with Gasteiger partial charge in [-0.25, -0.2) is 0 Å². The summed E-state index contributed by atoms with van der Waals surface area (Å²) in [5.74, 6) is 0.695. The van der Waals surface area contributed by atoms with E-state index in [2.05, 4.69) is 6.92 Å². The van der Waals surface area contributed by atoms with Crippen LogP contribution in [-0.4, -0.2) is 18.6 Å². The van der Waals surface area contributed by atoms with Gasteiger partial charge in [-0.1, -0.05) is 37.3 Å². The molecule has 22 heavy (non-hydrogen) atoms. The summed E-state index contributed by atoms with van der Waals surface area (Å²) < 4.78 is 5.76. The Balaban J connectivity index is 2.15. The number of anilines is 1. The van der Waals surface area contributed by atoms with Crippen molar-refractivity contribution in [2.24, 2.45) is 0 Å². The molecule has 0 radical (unpaired) electrons. The van der Waals surface area contributed by atoms with Crippen LogP contribution in [0.3, 0.4) is 0 Å². The van der Waals surface area contributed by atoms with Gasteiger partial charge in [-0.2, -0.15) is 0 Å². The molecule has 2 aromatic carbocycles. The van der Waals surface area contributed by atoms with Crippen LogP contribution in [0.1, 0.15) is 25.8 Å².